The third-order valence-corrected chi connectivity index (χ3v) is 5.46. The van der Waals surface area contributed by atoms with E-state index >= 15 is 0 Å². The Kier molecular flexibility index (Phi) is 5.28. The summed E-state index contributed by atoms with van der Waals surface area (Å²) in [6, 6.07) is 6.09. The highest BCUT2D eigenvalue weighted by Crippen LogP contribution is 2.32. The lowest BCUT2D eigenvalue weighted by Gasteiger charge is -2.12. The monoisotopic (exact) mass is 408 g/mol. The van der Waals surface area contributed by atoms with E-state index in [9.17, 15) is 14.0 Å². The van der Waals surface area contributed by atoms with E-state index in [2.05, 4.69) is 10.3 Å². The van der Waals surface area contributed by atoms with Crippen molar-refractivity contribution >= 4 is 11.6 Å². The summed E-state index contributed by atoms with van der Waals surface area (Å²) in [5.41, 5.74) is 2.50. The molecule has 7 heteroatoms. The minimum atomic E-state index is -0.343. The van der Waals surface area contributed by atoms with Crippen LogP contribution in [0, 0.1) is 11.7 Å². The van der Waals surface area contributed by atoms with Crippen LogP contribution in [0.3, 0.4) is 0 Å². The second-order valence-electron chi connectivity index (χ2n) is 8.18. The van der Waals surface area contributed by atoms with Crippen molar-refractivity contribution < 1.29 is 9.18 Å². The molecule has 0 radical (unpaired) electrons. The highest BCUT2D eigenvalue weighted by Gasteiger charge is 2.29. The average molecular weight is 408 g/mol. The quantitative estimate of drug-likeness (QED) is 0.631. The van der Waals surface area contributed by atoms with Crippen molar-refractivity contribution in [2.75, 3.05) is 0 Å². The number of benzene rings is 1. The summed E-state index contributed by atoms with van der Waals surface area (Å²) in [5, 5.41) is 2.97. The minimum Gasteiger partial charge on any atom is -0.348 e. The molecule has 0 bridgehead atoms. The fraction of sp³-hybridized carbons (Fsp3) is 0.348. The number of nitrogens with one attached hydrogen (secondary N) is 1. The van der Waals surface area contributed by atoms with E-state index in [0.29, 0.717) is 23.7 Å². The van der Waals surface area contributed by atoms with Gasteiger partial charge >= 0.3 is 0 Å². The molecule has 4 rings (SSSR count). The van der Waals surface area contributed by atoms with Gasteiger partial charge in [0.1, 0.15) is 11.5 Å². The topological polar surface area (TPSA) is 68.4 Å². The predicted molar refractivity (Wildman–Crippen MR) is 114 cm³/mol. The molecule has 1 saturated carbocycles. The van der Waals surface area contributed by atoms with E-state index in [1.165, 1.54) is 12.1 Å². The highest BCUT2D eigenvalue weighted by molar-refractivity contribution is 5.93. The third kappa shape index (κ3) is 4.06. The lowest BCUT2D eigenvalue weighted by molar-refractivity contribution is 0.0931. The van der Waals surface area contributed by atoms with Crippen LogP contribution in [-0.2, 0) is 6.54 Å². The third-order valence-electron chi connectivity index (χ3n) is 5.46. The van der Waals surface area contributed by atoms with Gasteiger partial charge in [-0.2, -0.15) is 0 Å². The Hall–Kier alpha value is -3.22. The van der Waals surface area contributed by atoms with Crippen LogP contribution >= 0.6 is 0 Å². The van der Waals surface area contributed by atoms with Gasteiger partial charge in [-0.3, -0.25) is 18.6 Å². The first-order chi connectivity index (χ1) is 14.3. The Bertz CT molecular complexity index is 1180. The van der Waals surface area contributed by atoms with Crippen LogP contribution in [0.15, 0.2) is 53.1 Å². The molecular formula is C23H25FN4O2. The number of rotatable bonds is 6. The maximum Gasteiger partial charge on any atom is 0.295 e. The van der Waals surface area contributed by atoms with E-state index in [1.54, 1.807) is 33.5 Å². The molecular weight excluding hydrogens is 383 g/mol. The molecule has 0 spiro atoms. The van der Waals surface area contributed by atoms with Crippen molar-refractivity contribution in [3.8, 4) is 11.3 Å². The number of amides is 1. The van der Waals surface area contributed by atoms with Gasteiger partial charge in [-0.1, -0.05) is 11.6 Å². The maximum atomic E-state index is 13.4. The normalized spacial score (nSPS) is 14.5. The lowest BCUT2D eigenvalue weighted by Crippen LogP contribution is -2.34. The number of aromatic nitrogens is 3. The van der Waals surface area contributed by atoms with Gasteiger partial charge in [0.25, 0.3) is 11.5 Å². The molecule has 1 amide bonds. The zero-order valence-electron chi connectivity index (χ0n) is 17.4. The average Bonchev–Trinajstić information content (AvgIpc) is 3.47. The first-order valence-electron chi connectivity index (χ1n) is 10.2. The summed E-state index contributed by atoms with van der Waals surface area (Å²) in [5.74, 6) is -0.0987. The molecule has 1 fully saturated rings. The zero-order valence-corrected chi connectivity index (χ0v) is 17.4. The number of carbonyl (C=O) groups excluding carboxylic acids is 1. The van der Waals surface area contributed by atoms with Crippen molar-refractivity contribution in [1.82, 2.24) is 19.3 Å². The fourth-order valence-electron chi connectivity index (χ4n) is 3.49. The van der Waals surface area contributed by atoms with Crippen molar-refractivity contribution in [2.45, 2.75) is 46.2 Å². The lowest BCUT2D eigenvalue weighted by atomic mass is 10.1. The fourth-order valence-corrected chi connectivity index (χ4v) is 3.49. The summed E-state index contributed by atoms with van der Waals surface area (Å²) >= 11 is 0. The van der Waals surface area contributed by atoms with Gasteiger partial charge in [0, 0.05) is 25.0 Å². The molecule has 0 saturated heterocycles. The van der Waals surface area contributed by atoms with Crippen LogP contribution in [0.2, 0.25) is 0 Å². The maximum absolute atomic E-state index is 13.4. The van der Waals surface area contributed by atoms with Gasteiger partial charge in [0.15, 0.2) is 0 Å². The second-order valence-corrected chi connectivity index (χ2v) is 8.18. The van der Waals surface area contributed by atoms with Crippen molar-refractivity contribution in [3.63, 3.8) is 0 Å². The molecule has 1 unspecified atom stereocenters. The minimum absolute atomic E-state index is 0.0893. The number of carbonyl (C=O) groups is 1. The number of hydrogen-bond acceptors (Lipinski definition) is 3. The van der Waals surface area contributed by atoms with E-state index in [1.807, 2.05) is 26.8 Å². The van der Waals surface area contributed by atoms with Gasteiger partial charge in [-0.15, -0.1) is 0 Å². The van der Waals surface area contributed by atoms with Crippen LogP contribution in [-0.4, -0.2) is 25.9 Å². The van der Waals surface area contributed by atoms with E-state index in [4.69, 9.17) is 0 Å². The molecule has 1 atom stereocenters. The van der Waals surface area contributed by atoms with Crippen LogP contribution < -0.4 is 10.9 Å². The summed E-state index contributed by atoms with van der Waals surface area (Å²) < 4.78 is 16.6. The molecule has 3 aromatic rings. The van der Waals surface area contributed by atoms with Crippen LogP contribution in [0.4, 0.5) is 4.39 Å². The summed E-state index contributed by atoms with van der Waals surface area (Å²) in [6.07, 6.45) is 7.53. The number of allylic oxidation sites excluding steroid dienone is 2. The van der Waals surface area contributed by atoms with Crippen LogP contribution in [0.5, 0.6) is 0 Å². The Morgan fingerprint density at radius 2 is 1.97 bits per heavy atom. The number of nitrogens with zero attached hydrogens (tertiary/aromatic N) is 3. The number of halogens is 1. The number of hydrogen-bond donors (Lipinski definition) is 1. The molecule has 156 valence electrons. The summed E-state index contributed by atoms with van der Waals surface area (Å²) in [6.45, 7) is 6.27. The second kappa shape index (κ2) is 7.89. The molecule has 2 heterocycles. The Balaban J connectivity index is 1.79. The van der Waals surface area contributed by atoms with E-state index in [-0.39, 0.29) is 34.7 Å². The Morgan fingerprint density at radius 3 is 2.60 bits per heavy atom. The highest BCUT2D eigenvalue weighted by atomic mass is 19.1. The van der Waals surface area contributed by atoms with Gasteiger partial charge in [0.2, 0.25) is 5.65 Å². The van der Waals surface area contributed by atoms with Gasteiger partial charge in [-0.25, -0.2) is 9.37 Å². The van der Waals surface area contributed by atoms with Crippen molar-refractivity contribution in [1.29, 1.82) is 0 Å². The first kappa shape index (κ1) is 20.1. The Labute approximate surface area is 174 Å². The van der Waals surface area contributed by atoms with Crippen LogP contribution in [0.25, 0.3) is 16.9 Å². The molecule has 30 heavy (non-hydrogen) atoms. The Morgan fingerprint density at radius 1 is 1.27 bits per heavy atom. The molecule has 2 aromatic heterocycles. The molecule has 0 aliphatic heterocycles. The van der Waals surface area contributed by atoms with Gasteiger partial charge in [-0.05, 0) is 69.4 Å². The SMILES string of the molecule is CC(C)=CCn1c(-c2ccc(F)cc2)cn2cc(C(=O)NC(C)C3CC3)nc2c1=O. The number of imidazole rings is 1. The van der Waals surface area contributed by atoms with Gasteiger partial charge < -0.3 is 5.32 Å². The standard InChI is InChI=1S/C23H25FN4O2/c1-14(2)10-11-28-20(17-6-8-18(24)9-7-17)13-27-12-19(26-21(27)23(28)30)22(29)25-15(3)16-4-5-16/h6-10,12-13,15-16H,4-5,11H2,1-3H3,(H,25,29). The molecule has 1 aliphatic carbocycles. The van der Waals surface area contributed by atoms with Gasteiger partial charge in [0.05, 0.1) is 5.69 Å². The van der Waals surface area contributed by atoms with Crippen molar-refractivity contribution in [3.05, 3.63) is 70.2 Å². The molecule has 1 aromatic carbocycles. The van der Waals surface area contributed by atoms with Crippen molar-refractivity contribution in [2.24, 2.45) is 5.92 Å². The first-order valence-corrected chi connectivity index (χ1v) is 10.2. The molecule has 1 aliphatic rings. The zero-order chi connectivity index (χ0) is 21.4. The smallest absolute Gasteiger partial charge is 0.295 e. The number of fused-ring (bicyclic) bond motifs is 1. The predicted octanol–water partition coefficient (Wildman–Crippen LogP) is 3.80. The van der Waals surface area contributed by atoms with Crippen LogP contribution in [0.1, 0.15) is 44.1 Å². The molecule has 6 nitrogen and oxygen atoms in total. The van der Waals surface area contributed by atoms with E-state index in [0.717, 1.165) is 18.4 Å². The summed E-state index contributed by atoms with van der Waals surface area (Å²) in [7, 11) is 0. The summed E-state index contributed by atoms with van der Waals surface area (Å²) in [4.78, 5) is 30.2. The van der Waals surface area contributed by atoms with E-state index < -0.39 is 0 Å². The molecule has 1 N–H and O–H groups in total. The largest absolute Gasteiger partial charge is 0.348 e.